The molecule has 6 nitrogen and oxygen atoms in total. The first kappa shape index (κ1) is 11.3. The third-order valence-corrected chi connectivity index (χ3v) is 3.31. The van der Waals surface area contributed by atoms with E-state index in [-0.39, 0.29) is 18.6 Å². The molecule has 3 amide bonds. The Morgan fingerprint density at radius 1 is 1.50 bits per heavy atom. The van der Waals surface area contributed by atoms with E-state index in [4.69, 9.17) is 9.47 Å². The normalized spacial score (nSPS) is 33.2. The van der Waals surface area contributed by atoms with Crippen LogP contribution in [-0.4, -0.2) is 38.0 Å². The monoisotopic (exact) mass is 228 g/mol. The molecule has 0 bridgehead atoms. The fourth-order valence-electron chi connectivity index (χ4n) is 2.55. The van der Waals surface area contributed by atoms with E-state index in [1.54, 1.807) is 7.11 Å². The molecule has 0 aromatic carbocycles. The van der Waals surface area contributed by atoms with Gasteiger partial charge >= 0.3 is 6.03 Å². The molecular weight excluding hydrogens is 212 g/mol. The second-order valence-electron chi connectivity index (χ2n) is 4.25. The third kappa shape index (κ3) is 1.78. The third-order valence-electron chi connectivity index (χ3n) is 3.31. The van der Waals surface area contributed by atoms with Crippen molar-refractivity contribution in [3.05, 3.63) is 0 Å². The average molecular weight is 228 g/mol. The molecule has 16 heavy (non-hydrogen) atoms. The highest BCUT2D eigenvalue weighted by Gasteiger charge is 2.54. The minimum Gasteiger partial charge on any atom is -0.359 e. The lowest BCUT2D eigenvalue weighted by molar-refractivity contribution is -0.127. The highest BCUT2D eigenvalue weighted by Crippen LogP contribution is 2.37. The standard InChI is InChI=1S/C10H16N2O4/c1-15-6-16-5-7-3-2-4-10(7)8(13)11-9(14)12-10/h7H,2-6H2,1H3,(H2,11,12,13,14)/t7-,10-/m0/s1. The number of rotatable bonds is 4. The molecule has 0 unspecified atom stereocenters. The van der Waals surface area contributed by atoms with Crippen molar-refractivity contribution in [1.82, 2.24) is 10.6 Å². The lowest BCUT2D eigenvalue weighted by Gasteiger charge is -2.27. The summed E-state index contributed by atoms with van der Waals surface area (Å²) in [6, 6.07) is -0.399. The molecular formula is C10H16N2O4. The van der Waals surface area contributed by atoms with Crippen molar-refractivity contribution in [1.29, 1.82) is 0 Å². The van der Waals surface area contributed by atoms with Gasteiger partial charge in [0.2, 0.25) is 0 Å². The predicted octanol–water partition coefficient (Wildman–Crippen LogP) is -0.0148. The molecule has 2 N–H and O–H groups in total. The number of hydrogen-bond donors (Lipinski definition) is 2. The van der Waals surface area contributed by atoms with Crippen molar-refractivity contribution < 1.29 is 19.1 Å². The molecule has 0 aromatic rings. The van der Waals surface area contributed by atoms with Crippen LogP contribution in [0.25, 0.3) is 0 Å². The second-order valence-corrected chi connectivity index (χ2v) is 4.25. The molecule has 2 fully saturated rings. The van der Waals surface area contributed by atoms with E-state index in [1.807, 2.05) is 0 Å². The van der Waals surface area contributed by atoms with E-state index in [9.17, 15) is 9.59 Å². The van der Waals surface area contributed by atoms with Crippen molar-refractivity contribution in [3.63, 3.8) is 0 Å². The number of imide groups is 1. The average Bonchev–Trinajstić information content (AvgIpc) is 2.74. The summed E-state index contributed by atoms with van der Waals surface area (Å²) in [5.74, 6) is -0.185. The summed E-state index contributed by atoms with van der Waals surface area (Å²) < 4.78 is 10.1. The number of carbonyl (C=O) groups excluding carboxylic acids is 2. The van der Waals surface area contributed by atoms with Crippen molar-refractivity contribution >= 4 is 11.9 Å². The van der Waals surface area contributed by atoms with E-state index in [2.05, 4.69) is 10.6 Å². The van der Waals surface area contributed by atoms with Crippen molar-refractivity contribution in [2.45, 2.75) is 24.8 Å². The maximum atomic E-state index is 11.8. The van der Waals surface area contributed by atoms with Gasteiger partial charge in [-0.25, -0.2) is 4.79 Å². The van der Waals surface area contributed by atoms with Crippen molar-refractivity contribution in [2.75, 3.05) is 20.5 Å². The Morgan fingerprint density at radius 2 is 2.31 bits per heavy atom. The minimum atomic E-state index is -0.745. The Labute approximate surface area is 93.7 Å². The SMILES string of the molecule is COCOC[C@@H]1CCC[C@]12NC(=O)NC2=O. The summed E-state index contributed by atoms with van der Waals surface area (Å²) in [6.07, 6.45) is 2.50. The molecule has 0 radical (unpaired) electrons. The van der Waals surface area contributed by atoms with Gasteiger partial charge in [0, 0.05) is 13.0 Å². The second kappa shape index (κ2) is 4.39. The smallest absolute Gasteiger partial charge is 0.322 e. The molecule has 1 saturated carbocycles. The molecule has 1 heterocycles. The predicted molar refractivity (Wildman–Crippen MR) is 54.6 cm³/mol. The summed E-state index contributed by atoms with van der Waals surface area (Å²) in [7, 11) is 1.55. The molecule has 1 aliphatic carbocycles. The largest absolute Gasteiger partial charge is 0.359 e. The van der Waals surface area contributed by atoms with Gasteiger partial charge < -0.3 is 14.8 Å². The van der Waals surface area contributed by atoms with E-state index < -0.39 is 11.6 Å². The fraction of sp³-hybridized carbons (Fsp3) is 0.800. The van der Waals surface area contributed by atoms with E-state index >= 15 is 0 Å². The zero-order valence-electron chi connectivity index (χ0n) is 9.25. The molecule has 0 aromatic heterocycles. The maximum absolute atomic E-state index is 11.8. The lowest BCUT2D eigenvalue weighted by atomic mass is 9.88. The van der Waals surface area contributed by atoms with Gasteiger partial charge in [-0.15, -0.1) is 0 Å². The molecule has 1 saturated heterocycles. The van der Waals surface area contributed by atoms with Gasteiger partial charge in [0.25, 0.3) is 5.91 Å². The zero-order valence-corrected chi connectivity index (χ0v) is 9.25. The topological polar surface area (TPSA) is 76.7 Å². The van der Waals surface area contributed by atoms with E-state index in [1.165, 1.54) is 0 Å². The molecule has 6 heteroatoms. The molecule has 2 rings (SSSR count). The maximum Gasteiger partial charge on any atom is 0.322 e. The molecule has 2 aliphatic rings. The van der Waals surface area contributed by atoms with Crippen molar-refractivity contribution in [3.8, 4) is 0 Å². The Morgan fingerprint density at radius 3 is 2.94 bits per heavy atom. The van der Waals surface area contributed by atoms with E-state index in [0.717, 1.165) is 12.8 Å². The minimum absolute atomic E-state index is 0.0362. The van der Waals surface area contributed by atoms with Crippen LogP contribution >= 0.6 is 0 Å². The summed E-state index contributed by atoms with van der Waals surface area (Å²) in [4.78, 5) is 23.0. The van der Waals surface area contributed by atoms with Crippen molar-refractivity contribution in [2.24, 2.45) is 5.92 Å². The Bertz CT molecular complexity index is 307. The summed E-state index contributed by atoms with van der Waals surface area (Å²) in [5, 5.41) is 5.03. The molecule has 1 aliphatic heterocycles. The highest BCUT2D eigenvalue weighted by molar-refractivity contribution is 6.07. The van der Waals surface area contributed by atoms with Gasteiger partial charge in [0.1, 0.15) is 12.3 Å². The molecule has 1 spiro atoms. The number of carbonyl (C=O) groups is 2. The van der Waals surface area contributed by atoms with Gasteiger partial charge in [-0.1, -0.05) is 6.42 Å². The number of nitrogens with one attached hydrogen (secondary N) is 2. The van der Waals surface area contributed by atoms with Crippen LogP contribution in [0.3, 0.4) is 0 Å². The Hall–Kier alpha value is -1.14. The van der Waals surface area contributed by atoms with Crippen LogP contribution in [-0.2, 0) is 14.3 Å². The summed E-state index contributed by atoms with van der Waals surface area (Å²) in [6.45, 7) is 0.643. The van der Waals surface area contributed by atoms with Gasteiger partial charge in [-0.2, -0.15) is 0 Å². The van der Waals surface area contributed by atoms with Crippen LogP contribution in [0.15, 0.2) is 0 Å². The first-order valence-corrected chi connectivity index (χ1v) is 5.39. The Kier molecular flexibility index (Phi) is 3.11. The Balaban J connectivity index is 2.02. The number of hydrogen-bond acceptors (Lipinski definition) is 4. The first-order valence-electron chi connectivity index (χ1n) is 5.39. The number of methoxy groups -OCH3 is 1. The van der Waals surface area contributed by atoms with Gasteiger partial charge in [0.05, 0.1) is 6.61 Å². The van der Waals surface area contributed by atoms with Gasteiger partial charge in [0.15, 0.2) is 0 Å². The quantitative estimate of drug-likeness (QED) is 0.403. The highest BCUT2D eigenvalue weighted by atomic mass is 16.7. The lowest BCUT2D eigenvalue weighted by Crippen LogP contribution is -2.51. The molecule has 2 atom stereocenters. The van der Waals surface area contributed by atoms with E-state index in [0.29, 0.717) is 13.0 Å². The molecule has 90 valence electrons. The summed E-state index contributed by atoms with van der Waals surface area (Å²) >= 11 is 0. The number of urea groups is 1. The van der Waals surface area contributed by atoms with Crippen LogP contribution < -0.4 is 10.6 Å². The number of ether oxygens (including phenoxy) is 2. The van der Waals surface area contributed by atoms with Crippen LogP contribution in [0, 0.1) is 5.92 Å². The number of amides is 3. The van der Waals surface area contributed by atoms with Crippen LogP contribution in [0.1, 0.15) is 19.3 Å². The summed E-state index contributed by atoms with van der Waals surface area (Å²) in [5.41, 5.74) is -0.745. The fourth-order valence-corrected chi connectivity index (χ4v) is 2.55. The van der Waals surface area contributed by atoms with Crippen LogP contribution in [0.2, 0.25) is 0 Å². The first-order chi connectivity index (χ1) is 7.69. The van der Waals surface area contributed by atoms with Gasteiger partial charge in [-0.3, -0.25) is 10.1 Å². The van der Waals surface area contributed by atoms with Crippen LogP contribution in [0.5, 0.6) is 0 Å². The van der Waals surface area contributed by atoms with Crippen LogP contribution in [0.4, 0.5) is 4.79 Å². The zero-order chi connectivity index (χ0) is 11.6. The van der Waals surface area contributed by atoms with Gasteiger partial charge in [-0.05, 0) is 12.8 Å².